The molecule has 1 unspecified atom stereocenters. The number of hydrogen-bond acceptors (Lipinski definition) is 9. The molecule has 2 aliphatic heterocycles. The van der Waals surface area contributed by atoms with Crippen molar-refractivity contribution in [1.29, 1.82) is 0 Å². The summed E-state index contributed by atoms with van der Waals surface area (Å²) in [5.74, 6) is -0.172. The smallest absolute Gasteiger partial charge is 0.446 e. The van der Waals surface area contributed by atoms with Crippen molar-refractivity contribution in [2.24, 2.45) is 0 Å². The van der Waals surface area contributed by atoms with Crippen molar-refractivity contribution in [3.8, 4) is 11.5 Å². The summed E-state index contributed by atoms with van der Waals surface area (Å²) in [7, 11) is -2.60. The number of piperidine rings is 1. The highest BCUT2D eigenvalue weighted by molar-refractivity contribution is 8.00. The Morgan fingerprint density at radius 2 is 1.71 bits per heavy atom. The molecule has 0 bridgehead atoms. The summed E-state index contributed by atoms with van der Waals surface area (Å²) in [6.45, 7) is 2.35. The van der Waals surface area contributed by atoms with E-state index in [0.29, 0.717) is 39.3 Å². The number of benzene rings is 2. The second kappa shape index (κ2) is 13.7. The number of carbonyl (C=O) groups is 1. The van der Waals surface area contributed by atoms with Gasteiger partial charge in [-0.3, -0.25) is 4.79 Å². The summed E-state index contributed by atoms with van der Waals surface area (Å²) >= 11 is -0.229. The second-order valence-corrected chi connectivity index (χ2v) is 13.2. The van der Waals surface area contributed by atoms with Gasteiger partial charge >= 0.3 is 5.51 Å². The van der Waals surface area contributed by atoms with Crippen LogP contribution in [0, 0.1) is 0 Å². The molecule has 2 aromatic rings. The quantitative estimate of drug-likeness (QED) is 0.278. The fourth-order valence-corrected chi connectivity index (χ4v) is 7.24. The predicted octanol–water partition coefficient (Wildman–Crippen LogP) is 4.92. The number of carbonyl (C=O) groups excluding carboxylic acids is 1. The maximum Gasteiger partial charge on any atom is 0.446 e. The zero-order valence-electron chi connectivity index (χ0n) is 22.5. The highest BCUT2D eigenvalue weighted by Gasteiger charge is 2.53. The molecule has 226 valence electrons. The topological polar surface area (TPSA) is 103 Å². The second-order valence-electron chi connectivity index (χ2n) is 9.77. The molecule has 0 aliphatic carbocycles. The van der Waals surface area contributed by atoms with Crippen molar-refractivity contribution >= 4 is 27.5 Å². The standard InChI is InChI=1S/C27H33F3N2O7S2/c1-36-19-17-32-15-13-26(14-16-32,25(33)31-39-24-4-2-3-18-37-24)41(34,35)23-11-7-21(8-12-23)38-20-5-9-22(10-6-20)40-27(28,29)30/h5-12,24H,2-4,13-19H2,1H3,(H,31,33). The predicted molar refractivity (Wildman–Crippen MR) is 145 cm³/mol. The Morgan fingerprint density at radius 1 is 1.07 bits per heavy atom. The van der Waals surface area contributed by atoms with E-state index in [4.69, 9.17) is 19.0 Å². The SMILES string of the molecule is COCCN1CCC(C(=O)NOC2CCCCO2)(S(=O)(=O)c2ccc(Oc3ccc(SC(F)(F)F)cc3)cc2)CC1. The van der Waals surface area contributed by atoms with E-state index < -0.39 is 32.3 Å². The molecule has 41 heavy (non-hydrogen) atoms. The van der Waals surface area contributed by atoms with Gasteiger partial charge in [-0.05, 0) is 86.0 Å². The van der Waals surface area contributed by atoms with Crippen LogP contribution < -0.4 is 10.2 Å². The third-order valence-corrected chi connectivity index (χ3v) is 10.3. The normalized spacial score (nSPS) is 20.0. The molecule has 2 fully saturated rings. The van der Waals surface area contributed by atoms with Gasteiger partial charge in [0.15, 0.2) is 20.9 Å². The van der Waals surface area contributed by atoms with Crippen molar-refractivity contribution in [3.05, 3.63) is 48.5 Å². The Morgan fingerprint density at radius 3 is 2.27 bits per heavy atom. The molecule has 0 aromatic heterocycles. The molecule has 1 amide bonds. The van der Waals surface area contributed by atoms with Crippen LogP contribution in [0.2, 0.25) is 0 Å². The Hall–Kier alpha value is -2.36. The zero-order valence-corrected chi connectivity index (χ0v) is 24.2. The van der Waals surface area contributed by atoms with Crippen molar-refractivity contribution in [1.82, 2.24) is 10.4 Å². The van der Waals surface area contributed by atoms with Gasteiger partial charge in [-0.15, -0.1) is 0 Å². The molecule has 2 heterocycles. The summed E-state index contributed by atoms with van der Waals surface area (Å²) in [5, 5.41) is 0. The molecule has 4 rings (SSSR count). The maximum absolute atomic E-state index is 14.0. The fourth-order valence-electron chi connectivity index (χ4n) is 4.75. The molecule has 2 saturated heterocycles. The number of hydroxylamine groups is 1. The first-order valence-electron chi connectivity index (χ1n) is 13.2. The van der Waals surface area contributed by atoms with Crippen molar-refractivity contribution in [3.63, 3.8) is 0 Å². The third kappa shape index (κ3) is 8.14. The van der Waals surface area contributed by atoms with Gasteiger partial charge in [0, 0.05) is 44.7 Å². The van der Waals surface area contributed by atoms with Gasteiger partial charge in [0.05, 0.1) is 11.5 Å². The van der Waals surface area contributed by atoms with E-state index in [2.05, 4.69) is 5.48 Å². The van der Waals surface area contributed by atoms with Crippen LogP contribution in [0.4, 0.5) is 13.2 Å². The highest BCUT2D eigenvalue weighted by atomic mass is 32.2. The molecular formula is C27H33F3N2O7S2. The summed E-state index contributed by atoms with van der Waals surface area (Å²) in [6, 6.07) is 11.0. The molecule has 0 radical (unpaired) electrons. The minimum absolute atomic E-state index is 0.0159. The molecule has 0 spiro atoms. The van der Waals surface area contributed by atoms with Crippen LogP contribution in [0.15, 0.2) is 58.3 Å². The maximum atomic E-state index is 14.0. The number of methoxy groups -OCH3 is 1. The Bertz CT molecular complexity index is 1250. The molecule has 9 nitrogen and oxygen atoms in total. The van der Waals surface area contributed by atoms with Crippen LogP contribution >= 0.6 is 11.8 Å². The van der Waals surface area contributed by atoms with E-state index in [9.17, 15) is 26.4 Å². The minimum Gasteiger partial charge on any atom is -0.457 e. The van der Waals surface area contributed by atoms with Crippen molar-refractivity contribution in [2.45, 2.75) is 58.4 Å². The number of alkyl halides is 3. The Labute approximate surface area is 241 Å². The average molecular weight is 619 g/mol. The summed E-state index contributed by atoms with van der Waals surface area (Å²) in [4.78, 5) is 21.0. The van der Waals surface area contributed by atoms with Gasteiger partial charge in [-0.1, -0.05) is 0 Å². The number of halogens is 3. The number of likely N-dealkylation sites (tertiary alicyclic amines) is 1. The van der Waals surface area contributed by atoms with Crippen LogP contribution in [0.1, 0.15) is 32.1 Å². The van der Waals surface area contributed by atoms with Gasteiger partial charge in [-0.25, -0.2) is 18.7 Å². The average Bonchev–Trinajstić information content (AvgIpc) is 2.96. The first-order valence-corrected chi connectivity index (χ1v) is 15.5. The van der Waals surface area contributed by atoms with Gasteiger partial charge in [-0.2, -0.15) is 13.2 Å². The van der Waals surface area contributed by atoms with Gasteiger partial charge in [0.2, 0.25) is 0 Å². The lowest BCUT2D eigenvalue weighted by Crippen LogP contribution is -2.58. The Kier molecular flexibility index (Phi) is 10.6. The number of nitrogens with zero attached hydrogens (tertiary/aromatic N) is 1. The Balaban J connectivity index is 1.49. The van der Waals surface area contributed by atoms with E-state index in [1.54, 1.807) is 7.11 Å². The lowest BCUT2D eigenvalue weighted by atomic mass is 9.95. The molecule has 1 N–H and O–H groups in total. The van der Waals surface area contributed by atoms with Crippen molar-refractivity contribution in [2.75, 3.05) is 40.0 Å². The first-order chi connectivity index (χ1) is 19.5. The summed E-state index contributed by atoms with van der Waals surface area (Å²) in [6.07, 6.45) is 1.85. The fraction of sp³-hybridized carbons (Fsp3) is 0.519. The number of nitrogens with one attached hydrogen (secondary N) is 1. The molecule has 1 atom stereocenters. The van der Waals surface area contributed by atoms with Crippen LogP contribution in [0.3, 0.4) is 0 Å². The molecule has 14 heteroatoms. The van der Waals surface area contributed by atoms with Gasteiger partial charge in [0.1, 0.15) is 11.5 Å². The third-order valence-electron chi connectivity index (χ3n) is 7.05. The van der Waals surface area contributed by atoms with Crippen LogP contribution in [-0.2, 0) is 28.9 Å². The van der Waals surface area contributed by atoms with Gasteiger partial charge < -0.3 is 19.1 Å². The van der Waals surface area contributed by atoms with Crippen LogP contribution in [-0.4, -0.2) is 75.7 Å². The van der Waals surface area contributed by atoms with E-state index >= 15 is 0 Å². The van der Waals surface area contributed by atoms with E-state index in [0.717, 1.165) is 12.8 Å². The summed E-state index contributed by atoms with van der Waals surface area (Å²) in [5.41, 5.74) is -2.02. The summed E-state index contributed by atoms with van der Waals surface area (Å²) < 4.78 is 80.3. The van der Waals surface area contributed by atoms with E-state index in [-0.39, 0.29) is 45.9 Å². The monoisotopic (exact) mass is 618 g/mol. The number of thioether (sulfide) groups is 1. The number of sulfone groups is 1. The zero-order chi connectivity index (χ0) is 29.5. The molecular weight excluding hydrogens is 585 g/mol. The number of rotatable bonds is 11. The van der Waals surface area contributed by atoms with Crippen LogP contribution in [0.5, 0.6) is 11.5 Å². The lowest BCUT2D eigenvalue weighted by molar-refractivity contribution is -0.202. The van der Waals surface area contributed by atoms with Crippen molar-refractivity contribution < 1.29 is 45.4 Å². The van der Waals surface area contributed by atoms with E-state index in [1.165, 1.54) is 48.5 Å². The highest BCUT2D eigenvalue weighted by Crippen LogP contribution is 2.39. The molecule has 2 aliphatic rings. The lowest BCUT2D eigenvalue weighted by Gasteiger charge is -2.40. The molecule has 0 saturated carbocycles. The number of ether oxygens (including phenoxy) is 3. The number of amides is 1. The molecule has 2 aromatic carbocycles. The largest absolute Gasteiger partial charge is 0.457 e. The first kappa shape index (κ1) is 31.6. The number of hydrogen-bond donors (Lipinski definition) is 1. The van der Waals surface area contributed by atoms with Crippen LogP contribution in [0.25, 0.3) is 0 Å². The minimum atomic E-state index is -4.39. The van der Waals surface area contributed by atoms with Gasteiger partial charge in [0.25, 0.3) is 5.91 Å². The van der Waals surface area contributed by atoms with E-state index in [1.807, 2.05) is 4.90 Å².